The number of benzene rings is 1. The lowest BCUT2D eigenvalue weighted by Crippen LogP contribution is -2.38. The number of carbonyl (C=O) groups excluding carboxylic acids is 1. The Morgan fingerprint density at radius 3 is 2.65 bits per heavy atom. The topological polar surface area (TPSA) is 66.8 Å². The number of rotatable bonds is 7. The molecule has 1 atom stereocenters. The van der Waals surface area contributed by atoms with Crippen LogP contribution in [-0.2, 0) is 9.59 Å². The second kappa shape index (κ2) is 7.47. The van der Waals surface area contributed by atoms with E-state index in [4.69, 9.17) is 9.84 Å². The Morgan fingerprint density at radius 1 is 1.40 bits per heavy atom. The van der Waals surface area contributed by atoms with Gasteiger partial charge in [0.05, 0.1) is 0 Å². The number of nitrogens with zero attached hydrogens (tertiary/aromatic N) is 1. The predicted octanol–water partition coefficient (Wildman–Crippen LogP) is 1.92. The third-order valence-corrected chi connectivity index (χ3v) is 2.75. The molecular weight excluding hydrogens is 265 g/mol. The number of carboxylic acids is 1. The lowest BCUT2D eigenvalue weighted by molar-refractivity contribution is -0.139. The smallest absolute Gasteiger partial charge is 0.303 e. The van der Waals surface area contributed by atoms with E-state index < -0.39 is 17.9 Å². The molecule has 1 rings (SSSR count). The zero-order valence-electron chi connectivity index (χ0n) is 11.5. The van der Waals surface area contributed by atoms with Crippen LogP contribution in [0.15, 0.2) is 24.3 Å². The second-order valence-electron chi connectivity index (χ2n) is 4.45. The highest BCUT2D eigenvalue weighted by Gasteiger charge is 2.20. The van der Waals surface area contributed by atoms with Gasteiger partial charge in [-0.3, -0.25) is 9.59 Å². The Labute approximate surface area is 117 Å². The summed E-state index contributed by atoms with van der Waals surface area (Å²) in [5.41, 5.74) is 0. The zero-order chi connectivity index (χ0) is 15.1. The van der Waals surface area contributed by atoms with Crippen LogP contribution in [0.2, 0.25) is 0 Å². The van der Waals surface area contributed by atoms with E-state index in [-0.39, 0.29) is 18.1 Å². The molecule has 0 aromatic heterocycles. The van der Waals surface area contributed by atoms with Crippen molar-refractivity contribution in [1.82, 2.24) is 4.90 Å². The van der Waals surface area contributed by atoms with Crippen molar-refractivity contribution in [3.63, 3.8) is 0 Å². The Kier molecular flexibility index (Phi) is 5.96. The average Bonchev–Trinajstić information content (AvgIpc) is 2.39. The molecule has 6 heteroatoms. The van der Waals surface area contributed by atoms with E-state index in [0.717, 1.165) is 0 Å². The van der Waals surface area contributed by atoms with Crippen molar-refractivity contribution in [3.05, 3.63) is 30.1 Å². The van der Waals surface area contributed by atoms with Crippen molar-refractivity contribution in [1.29, 1.82) is 0 Å². The molecule has 20 heavy (non-hydrogen) atoms. The lowest BCUT2D eigenvalue weighted by atomic mass is 10.2. The van der Waals surface area contributed by atoms with Crippen LogP contribution in [0.25, 0.3) is 0 Å². The normalized spacial score (nSPS) is 11.8. The first-order chi connectivity index (χ1) is 9.41. The maximum atomic E-state index is 13.4. The average molecular weight is 283 g/mol. The number of hydrogen-bond acceptors (Lipinski definition) is 3. The SMILES string of the molecule is CC(Oc1ccccc1F)C(=O)N(C)CCCC(=O)O. The third kappa shape index (κ3) is 4.87. The molecule has 1 aromatic rings. The first kappa shape index (κ1) is 15.9. The molecule has 0 radical (unpaired) electrons. The summed E-state index contributed by atoms with van der Waals surface area (Å²) >= 11 is 0. The number of hydrogen-bond donors (Lipinski definition) is 1. The highest BCUT2D eigenvalue weighted by Crippen LogP contribution is 2.17. The highest BCUT2D eigenvalue weighted by atomic mass is 19.1. The van der Waals surface area contributed by atoms with E-state index in [1.165, 1.54) is 30.0 Å². The molecule has 0 aliphatic heterocycles. The van der Waals surface area contributed by atoms with Gasteiger partial charge < -0.3 is 14.7 Å². The molecule has 5 nitrogen and oxygen atoms in total. The number of likely N-dealkylation sites (N-methyl/N-ethyl adjacent to an activating group) is 1. The Bertz CT molecular complexity index is 478. The van der Waals surface area contributed by atoms with Gasteiger partial charge in [0.25, 0.3) is 5.91 Å². The first-order valence-corrected chi connectivity index (χ1v) is 6.29. The van der Waals surface area contributed by atoms with Crippen molar-refractivity contribution >= 4 is 11.9 Å². The summed E-state index contributed by atoms with van der Waals surface area (Å²) in [4.78, 5) is 23.7. The molecule has 1 N–H and O–H groups in total. The minimum atomic E-state index is -0.901. The van der Waals surface area contributed by atoms with Crippen LogP contribution in [-0.4, -0.2) is 41.6 Å². The molecule has 0 bridgehead atoms. The molecule has 0 aliphatic carbocycles. The quantitative estimate of drug-likeness (QED) is 0.830. The fourth-order valence-electron chi connectivity index (χ4n) is 1.67. The molecule has 0 aliphatic rings. The van der Waals surface area contributed by atoms with Gasteiger partial charge in [-0.2, -0.15) is 0 Å². The molecule has 1 amide bonds. The molecule has 0 spiro atoms. The molecule has 0 saturated carbocycles. The molecule has 110 valence electrons. The van der Waals surface area contributed by atoms with Gasteiger partial charge in [-0.1, -0.05) is 12.1 Å². The molecule has 0 saturated heterocycles. The minimum absolute atomic E-state index is 0.000170. The molecule has 0 heterocycles. The Morgan fingerprint density at radius 2 is 2.05 bits per heavy atom. The van der Waals surface area contributed by atoms with E-state index in [2.05, 4.69) is 0 Å². The molecular formula is C14H18FNO4. The van der Waals surface area contributed by atoms with Crippen molar-refractivity contribution < 1.29 is 23.8 Å². The molecule has 0 fully saturated rings. The van der Waals surface area contributed by atoms with E-state index in [0.29, 0.717) is 13.0 Å². The van der Waals surface area contributed by atoms with Crippen LogP contribution in [0.1, 0.15) is 19.8 Å². The van der Waals surface area contributed by atoms with Crippen LogP contribution in [0.5, 0.6) is 5.75 Å². The summed E-state index contributed by atoms with van der Waals surface area (Å²) in [6.07, 6.45) is -0.466. The number of amides is 1. The monoisotopic (exact) mass is 283 g/mol. The van der Waals surface area contributed by atoms with Gasteiger partial charge in [0.1, 0.15) is 0 Å². The van der Waals surface area contributed by atoms with E-state index in [1.807, 2.05) is 0 Å². The van der Waals surface area contributed by atoms with E-state index >= 15 is 0 Å². The van der Waals surface area contributed by atoms with Gasteiger partial charge in [-0.05, 0) is 25.5 Å². The third-order valence-electron chi connectivity index (χ3n) is 2.75. The summed E-state index contributed by atoms with van der Waals surface area (Å²) in [5, 5.41) is 8.53. The molecule has 1 unspecified atom stereocenters. The zero-order valence-corrected chi connectivity index (χ0v) is 11.5. The number of para-hydroxylation sites is 1. The van der Waals surface area contributed by atoms with Gasteiger partial charge in [0.2, 0.25) is 0 Å². The standard InChI is InChI=1S/C14H18FNO4/c1-10(20-12-7-4-3-6-11(12)15)14(19)16(2)9-5-8-13(17)18/h3-4,6-7,10H,5,8-9H2,1-2H3,(H,17,18). The van der Waals surface area contributed by atoms with Crippen LogP contribution in [0.4, 0.5) is 4.39 Å². The van der Waals surface area contributed by atoms with Crippen LogP contribution in [0.3, 0.4) is 0 Å². The predicted molar refractivity (Wildman–Crippen MR) is 71.0 cm³/mol. The summed E-state index contributed by atoms with van der Waals surface area (Å²) in [5.74, 6) is -1.73. The largest absolute Gasteiger partial charge is 0.481 e. The number of carbonyl (C=O) groups is 2. The summed E-state index contributed by atoms with van der Waals surface area (Å²) in [6, 6.07) is 5.85. The minimum Gasteiger partial charge on any atom is -0.481 e. The lowest BCUT2D eigenvalue weighted by Gasteiger charge is -2.22. The van der Waals surface area contributed by atoms with Crippen molar-refractivity contribution in [2.75, 3.05) is 13.6 Å². The van der Waals surface area contributed by atoms with Crippen molar-refractivity contribution in [3.8, 4) is 5.75 Å². The number of ether oxygens (including phenoxy) is 1. The fourth-order valence-corrected chi connectivity index (χ4v) is 1.67. The van der Waals surface area contributed by atoms with Crippen LogP contribution in [0, 0.1) is 5.82 Å². The maximum absolute atomic E-state index is 13.4. The van der Waals surface area contributed by atoms with Gasteiger partial charge in [-0.15, -0.1) is 0 Å². The second-order valence-corrected chi connectivity index (χ2v) is 4.45. The fraction of sp³-hybridized carbons (Fsp3) is 0.429. The maximum Gasteiger partial charge on any atom is 0.303 e. The van der Waals surface area contributed by atoms with Gasteiger partial charge in [-0.25, -0.2) is 4.39 Å². The van der Waals surface area contributed by atoms with Crippen LogP contribution >= 0.6 is 0 Å². The first-order valence-electron chi connectivity index (χ1n) is 6.29. The summed E-state index contributed by atoms with van der Waals surface area (Å²) < 4.78 is 18.7. The van der Waals surface area contributed by atoms with E-state index in [1.54, 1.807) is 13.1 Å². The van der Waals surface area contributed by atoms with Crippen molar-refractivity contribution in [2.24, 2.45) is 0 Å². The number of halogens is 1. The van der Waals surface area contributed by atoms with Gasteiger partial charge in [0.15, 0.2) is 17.7 Å². The Hall–Kier alpha value is -2.11. The number of aliphatic carboxylic acids is 1. The molecule has 1 aromatic carbocycles. The van der Waals surface area contributed by atoms with Gasteiger partial charge in [0, 0.05) is 20.0 Å². The Balaban J connectivity index is 2.50. The highest BCUT2D eigenvalue weighted by molar-refractivity contribution is 5.80. The summed E-state index contributed by atoms with van der Waals surface area (Å²) in [6.45, 7) is 1.85. The van der Waals surface area contributed by atoms with E-state index in [9.17, 15) is 14.0 Å². The number of carboxylic acid groups (broad SMARTS) is 1. The van der Waals surface area contributed by atoms with Crippen molar-refractivity contribution in [2.45, 2.75) is 25.9 Å². The van der Waals surface area contributed by atoms with Gasteiger partial charge >= 0.3 is 5.97 Å². The van der Waals surface area contributed by atoms with Crippen LogP contribution < -0.4 is 4.74 Å². The summed E-state index contributed by atoms with van der Waals surface area (Å²) in [7, 11) is 1.56.